The molecule has 0 amide bonds. The smallest absolute Gasteiger partial charge is 0.00956 e. The minimum absolute atomic E-state index is 0.737. The maximum Gasteiger partial charge on any atom is 0.00956 e. The second-order valence-corrected chi connectivity index (χ2v) is 4.70. The van der Waals surface area contributed by atoms with Crippen LogP contribution in [0, 0.1) is 18.3 Å². The lowest BCUT2D eigenvalue weighted by molar-refractivity contribution is 0.336. The topological polar surface area (TPSA) is 12.0 Å². The zero-order valence-electron chi connectivity index (χ0n) is 10.1. The zero-order valence-corrected chi connectivity index (χ0v) is 10.1. The first kappa shape index (κ1) is 12.6. The highest BCUT2D eigenvalue weighted by atomic mass is 14.9. The van der Waals surface area contributed by atoms with Gasteiger partial charge in [-0.2, -0.15) is 0 Å². The highest BCUT2D eigenvalue weighted by molar-refractivity contribution is 4.86. The molecule has 0 bridgehead atoms. The van der Waals surface area contributed by atoms with E-state index in [2.05, 4.69) is 18.2 Å². The van der Waals surface area contributed by atoms with Gasteiger partial charge in [-0.3, -0.25) is 0 Å². The molecule has 0 aromatic carbocycles. The fourth-order valence-electron chi connectivity index (χ4n) is 2.62. The van der Waals surface area contributed by atoms with Crippen LogP contribution in [0.3, 0.4) is 0 Å². The highest BCUT2D eigenvalue weighted by Gasteiger charge is 2.23. The van der Waals surface area contributed by atoms with E-state index >= 15 is 0 Å². The van der Waals surface area contributed by atoms with Crippen molar-refractivity contribution in [2.45, 2.75) is 64.3 Å². The number of terminal acetylenes is 1. The van der Waals surface area contributed by atoms with Crippen LogP contribution in [-0.2, 0) is 0 Å². The summed E-state index contributed by atoms with van der Waals surface area (Å²) in [6, 6.07) is 0.737. The Kier molecular flexibility index (Phi) is 6.52. The van der Waals surface area contributed by atoms with E-state index in [-0.39, 0.29) is 0 Å². The van der Waals surface area contributed by atoms with E-state index in [1.807, 2.05) is 0 Å². The van der Waals surface area contributed by atoms with Gasteiger partial charge < -0.3 is 5.32 Å². The van der Waals surface area contributed by atoms with Crippen LogP contribution in [0.4, 0.5) is 0 Å². The zero-order chi connectivity index (χ0) is 10.9. The lowest BCUT2D eigenvalue weighted by atomic mass is 9.93. The molecule has 1 N–H and O–H groups in total. The second-order valence-electron chi connectivity index (χ2n) is 4.70. The van der Waals surface area contributed by atoms with Gasteiger partial charge in [-0.15, -0.1) is 12.3 Å². The van der Waals surface area contributed by atoms with Gasteiger partial charge in [0.1, 0.15) is 0 Å². The highest BCUT2D eigenvalue weighted by Crippen LogP contribution is 2.29. The van der Waals surface area contributed by atoms with Crippen LogP contribution in [0.2, 0.25) is 0 Å². The van der Waals surface area contributed by atoms with Crippen molar-refractivity contribution in [3.05, 3.63) is 0 Å². The van der Waals surface area contributed by atoms with Gasteiger partial charge in [0, 0.05) is 12.5 Å². The number of nitrogens with one attached hydrogen (secondary N) is 1. The van der Waals surface area contributed by atoms with Crippen molar-refractivity contribution in [3.63, 3.8) is 0 Å². The Labute approximate surface area is 95.0 Å². The predicted octanol–water partition coefficient (Wildman–Crippen LogP) is 3.35. The molecule has 1 heteroatoms. The molecule has 0 aromatic heterocycles. The molecule has 0 aliphatic heterocycles. The summed E-state index contributed by atoms with van der Waals surface area (Å²) in [5.74, 6) is 3.67. The molecule has 1 fully saturated rings. The lowest BCUT2D eigenvalue weighted by Crippen LogP contribution is -2.35. The van der Waals surface area contributed by atoms with Crippen LogP contribution in [0.5, 0.6) is 0 Å². The third-order valence-corrected chi connectivity index (χ3v) is 3.46. The summed E-state index contributed by atoms with van der Waals surface area (Å²) in [6.07, 6.45) is 15.7. The summed E-state index contributed by atoms with van der Waals surface area (Å²) >= 11 is 0. The Morgan fingerprint density at radius 1 is 1.40 bits per heavy atom. The monoisotopic (exact) mass is 207 g/mol. The van der Waals surface area contributed by atoms with Gasteiger partial charge in [0.05, 0.1) is 0 Å². The van der Waals surface area contributed by atoms with E-state index in [4.69, 9.17) is 6.42 Å². The standard InChI is InChI=1S/C14H25N/c1-3-5-6-11-14(15-12-4-2)13-9-7-8-10-13/h1,13-15H,4-12H2,2H3. The van der Waals surface area contributed by atoms with E-state index in [9.17, 15) is 0 Å². The molecule has 15 heavy (non-hydrogen) atoms. The summed E-state index contributed by atoms with van der Waals surface area (Å²) < 4.78 is 0. The van der Waals surface area contributed by atoms with Crippen molar-refractivity contribution in [3.8, 4) is 12.3 Å². The van der Waals surface area contributed by atoms with Crippen molar-refractivity contribution >= 4 is 0 Å². The van der Waals surface area contributed by atoms with E-state index in [1.54, 1.807) is 0 Å². The molecule has 1 saturated carbocycles. The van der Waals surface area contributed by atoms with Crippen molar-refractivity contribution in [2.24, 2.45) is 5.92 Å². The molecular weight excluding hydrogens is 182 g/mol. The average Bonchev–Trinajstić information content (AvgIpc) is 2.76. The first-order valence-corrected chi connectivity index (χ1v) is 6.55. The van der Waals surface area contributed by atoms with Gasteiger partial charge in [0.2, 0.25) is 0 Å². The van der Waals surface area contributed by atoms with Crippen molar-refractivity contribution < 1.29 is 0 Å². The first-order chi connectivity index (χ1) is 7.38. The number of hydrogen-bond donors (Lipinski definition) is 1. The van der Waals surface area contributed by atoms with Gasteiger partial charge in [0.25, 0.3) is 0 Å². The molecule has 0 aromatic rings. The summed E-state index contributed by atoms with van der Waals surface area (Å²) in [7, 11) is 0. The number of unbranched alkanes of at least 4 members (excludes halogenated alkanes) is 1. The lowest BCUT2D eigenvalue weighted by Gasteiger charge is -2.24. The van der Waals surface area contributed by atoms with Crippen molar-refractivity contribution in [2.75, 3.05) is 6.54 Å². The van der Waals surface area contributed by atoms with Crippen LogP contribution in [0.25, 0.3) is 0 Å². The maximum absolute atomic E-state index is 5.30. The van der Waals surface area contributed by atoms with Gasteiger partial charge in [-0.05, 0) is 44.6 Å². The molecule has 0 heterocycles. The third kappa shape index (κ3) is 4.71. The molecular formula is C14H25N. The summed E-state index contributed by atoms with van der Waals surface area (Å²) in [5.41, 5.74) is 0. The molecule has 0 spiro atoms. The quantitative estimate of drug-likeness (QED) is 0.498. The summed E-state index contributed by atoms with van der Waals surface area (Å²) in [5, 5.41) is 3.70. The second kappa shape index (κ2) is 7.77. The predicted molar refractivity (Wildman–Crippen MR) is 66.7 cm³/mol. The van der Waals surface area contributed by atoms with E-state index in [0.717, 1.165) is 24.9 Å². The Morgan fingerprint density at radius 2 is 2.13 bits per heavy atom. The number of rotatable bonds is 7. The van der Waals surface area contributed by atoms with Crippen LogP contribution >= 0.6 is 0 Å². The summed E-state index contributed by atoms with van der Waals surface area (Å²) in [6.45, 7) is 3.40. The van der Waals surface area contributed by atoms with Crippen LogP contribution < -0.4 is 5.32 Å². The van der Waals surface area contributed by atoms with E-state index in [0.29, 0.717) is 0 Å². The van der Waals surface area contributed by atoms with Gasteiger partial charge in [-0.1, -0.05) is 19.8 Å². The molecule has 1 aliphatic carbocycles. The maximum atomic E-state index is 5.30. The third-order valence-electron chi connectivity index (χ3n) is 3.46. The fourth-order valence-corrected chi connectivity index (χ4v) is 2.62. The van der Waals surface area contributed by atoms with Crippen molar-refractivity contribution in [1.29, 1.82) is 0 Å². The molecule has 1 rings (SSSR count). The van der Waals surface area contributed by atoms with Crippen LogP contribution in [0.15, 0.2) is 0 Å². The molecule has 1 nitrogen and oxygen atoms in total. The first-order valence-electron chi connectivity index (χ1n) is 6.55. The molecule has 0 radical (unpaired) electrons. The van der Waals surface area contributed by atoms with E-state index in [1.165, 1.54) is 44.9 Å². The van der Waals surface area contributed by atoms with Gasteiger partial charge >= 0.3 is 0 Å². The van der Waals surface area contributed by atoms with Gasteiger partial charge in [-0.25, -0.2) is 0 Å². The summed E-state index contributed by atoms with van der Waals surface area (Å²) in [4.78, 5) is 0. The Morgan fingerprint density at radius 3 is 2.73 bits per heavy atom. The largest absolute Gasteiger partial charge is 0.314 e. The van der Waals surface area contributed by atoms with Crippen LogP contribution in [0.1, 0.15) is 58.3 Å². The Balaban J connectivity index is 2.27. The molecule has 1 unspecified atom stereocenters. The van der Waals surface area contributed by atoms with Gasteiger partial charge in [0.15, 0.2) is 0 Å². The van der Waals surface area contributed by atoms with E-state index < -0.39 is 0 Å². The minimum atomic E-state index is 0.737. The Hall–Kier alpha value is -0.480. The molecule has 0 saturated heterocycles. The van der Waals surface area contributed by atoms with Crippen molar-refractivity contribution in [1.82, 2.24) is 5.32 Å². The minimum Gasteiger partial charge on any atom is -0.314 e. The van der Waals surface area contributed by atoms with Crippen LogP contribution in [-0.4, -0.2) is 12.6 Å². The Bertz CT molecular complexity index is 186. The number of hydrogen-bond acceptors (Lipinski definition) is 1. The molecule has 1 aliphatic rings. The molecule has 1 atom stereocenters. The average molecular weight is 207 g/mol. The molecule has 86 valence electrons. The normalized spacial score (nSPS) is 18.9. The SMILES string of the molecule is C#CCCCC(NCCC)C1CCCC1. The fraction of sp³-hybridized carbons (Fsp3) is 0.857.